The van der Waals surface area contributed by atoms with Crippen LogP contribution in [-0.4, -0.2) is 5.11 Å². The first-order valence-corrected chi connectivity index (χ1v) is 3.23. The Labute approximate surface area is 61.5 Å². The average molecular weight is 219 g/mol. The monoisotopic (exact) mass is 219 g/mol. The third-order valence-electron chi connectivity index (χ3n) is 0.792. The molecule has 0 fully saturated rings. The van der Waals surface area contributed by atoms with Gasteiger partial charge in [-0.3, -0.25) is 0 Å². The van der Waals surface area contributed by atoms with E-state index >= 15 is 0 Å². The van der Waals surface area contributed by atoms with E-state index in [0.29, 0.717) is 5.75 Å². The van der Waals surface area contributed by atoms with E-state index in [1.807, 2.05) is 22.6 Å². The molecule has 0 aliphatic heterocycles. The third kappa shape index (κ3) is 1.12. The minimum Gasteiger partial charge on any atom is -0.507 e. The number of aromatic hydroxyl groups is 1. The zero-order valence-corrected chi connectivity index (χ0v) is 6.21. The molecule has 1 nitrogen and oxygen atoms in total. The summed E-state index contributed by atoms with van der Waals surface area (Å²) in [6, 6.07) is 7.86. The molecule has 41 valence electrons. The standard InChI is InChI=1S/C6H4IO/c7-5-3-1-2-4-6(5)8/h2-4,8H. The van der Waals surface area contributed by atoms with Crippen LogP contribution in [0.1, 0.15) is 0 Å². The summed E-state index contributed by atoms with van der Waals surface area (Å²) in [5.41, 5.74) is 0. The first kappa shape index (κ1) is 5.88. The lowest BCUT2D eigenvalue weighted by Gasteiger charge is -1.90. The predicted molar refractivity (Wildman–Crippen MR) is 39.7 cm³/mol. The number of phenols is 1. The van der Waals surface area contributed by atoms with E-state index in [9.17, 15) is 0 Å². The van der Waals surface area contributed by atoms with Crippen LogP contribution in [0.15, 0.2) is 18.2 Å². The molecule has 0 spiro atoms. The molecule has 1 radical (unpaired) electrons. The molecule has 0 heterocycles. The van der Waals surface area contributed by atoms with Crippen molar-refractivity contribution in [1.29, 1.82) is 0 Å². The van der Waals surface area contributed by atoms with Gasteiger partial charge in [0.1, 0.15) is 5.75 Å². The van der Waals surface area contributed by atoms with E-state index in [1.165, 1.54) is 0 Å². The molecule has 1 aromatic carbocycles. The van der Waals surface area contributed by atoms with Gasteiger partial charge in [0.25, 0.3) is 0 Å². The highest BCUT2D eigenvalue weighted by Crippen LogP contribution is 2.16. The average Bonchev–Trinajstić information content (AvgIpc) is 1.77. The molecule has 1 rings (SSSR count). The summed E-state index contributed by atoms with van der Waals surface area (Å²) in [7, 11) is 0. The van der Waals surface area contributed by atoms with Crippen LogP contribution in [0.2, 0.25) is 0 Å². The van der Waals surface area contributed by atoms with Crippen LogP contribution >= 0.6 is 22.6 Å². The molecule has 0 aliphatic carbocycles. The van der Waals surface area contributed by atoms with Gasteiger partial charge in [-0.05, 0) is 40.8 Å². The van der Waals surface area contributed by atoms with Crippen LogP contribution < -0.4 is 0 Å². The smallest absolute Gasteiger partial charge is 0.128 e. The molecule has 0 unspecified atom stereocenters. The summed E-state index contributed by atoms with van der Waals surface area (Å²) in [6.07, 6.45) is 0. The van der Waals surface area contributed by atoms with E-state index in [0.717, 1.165) is 3.57 Å². The maximum Gasteiger partial charge on any atom is 0.128 e. The van der Waals surface area contributed by atoms with Gasteiger partial charge in [0, 0.05) is 0 Å². The minimum absolute atomic E-state index is 0.323. The van der Waals surface area contributed by atoms with Gasteiger partial charge in [-0.2, -0.15) is 0 Å². The fourth-order valence-electron chi connectivity index (χ4n) is 0.402. The lowest BCUT2D eigenvalue weighted by Crippen LogP contribution is -1.68. The Kier molecular flexibility index (Phi) is 1.73. The van der Waals surface area contributed by atoms with Crippen LogP contribution in [0.4, 0.5) is 0 Å². The molecular formula is C6H4IO. The van der Waals surface area contributed by atoms with E-state index < -0.39 is 0 Å². The Balaban J connectivity index is 3.13. The van der Waals surface area contributed by atoms with E-state index in [4.69, 9.17) is 5.11 Å². The molecule has 0 aliphatic rings. The van der Waals surface area contributed by atoms with Gasteiger partial charge in [-0.15, -0.1) is 0 Å². The SMILES string of the molecule is Oc1cc[c]cc1I. The second-order valence-corrected chi connectivity index (χ2v) is 2.54. The number of halogens is 1. The summed E-state index contributed by atoms with van der Waals surface area (Å²) >= 11 is 2.04. The lowest BCUT2D eigenvalue weighted by molar-refractivity contribution is 0.471. The van der Waals surface area contributed by atoms with Gasteiger partial charge in [0.2, 0.25) is 0 Å². The van der Waals surface area contributed by atoms with Crippen molar-refractivity contribution < 1.29 is 5.11 Å². The van der Waals surface area contributed by atoms with Gasteiger partial charge < -0.3 is 5.11 Å². The maximum absolute atomic E-state index is 8.89. The summed E-state index contributed by atoms with van der Waals surface area (Å²) in [4.78, 5) is 0. The fraction of sp³-hybridized carbons (Fsp3) is 0. The van der Waals surface area contributed by atoms with Crippen LogP contribution in [0.5, 0.6) is 5.75 Å². The Hall–Kier alpha value is -0.250. The van der Waals surface area contributed by atoms with Crippen molar-refractivity contribution in [2.24, 2.45) is 0 Å². The van der Waals surface area contributed by atoms with Gasteiger partial charge in [-0.1, -0.05) is 6.07 Å². The highest BCUT2D eigenvalue weighted by atomic mass is 127. The van der Waals surface area contributed by atoms with Crippen LogP contribution in [0, 0.1) is 9.64 Å². The molecule has 1 N–H and O–H groups in total. The van der Waals surface area contributed by atoms with Crippen LogP contribution in [0.25, 0.3) is 0 Å². The minimum atomic E-state index is 0.323. The topological polar surface area (TPSA) is 20.2 Å². The number of phenolic OH excluding ortho intramolecular Hbond substituents is 1. The molecule has 0 aromatic heterocycles. The highest BCUT2D eigenvalue weighted by molar-refractivity contribution is 14.1. The maximum atomic E-state index is 8.89. The zero-order valence-electron chi connectivity index (χ0n) is 4.06. The van der Waals surface area contributed by atoms with Crippen LogP contribution in [0.3, 0.4) is 0 Å². The van der Waals surface area contributed by atoms with Gasteiger partial charge in [0.15, 0.2) is 0 Å². The largest absolute Gasteiger partial charge is 0.507 e. The Morgan fingerprint density at radius 3 is 2.75 bits per heavy atom. The Bertz CT molecular complexity index is 165. The Morgan fingerprint density at radius 1 is 1.62 bits per heavy atom. The molecule has 0 saturated heterocycles. The lowest BCUT2D eigenvalue weighted by atomic mass is 10.3. The highest BCUT2D eigenvalue weighted by Gasteiger charge is 1.89. The van der Waals surface area contributed by atoms with Crippen molar-refractivity contribution in [2.45, 2.75) is 0 Å². The van der Waals surface area contributed by atoms with Crippen molar-refractivity contribution >= 4 is 22.6 Å². The molecule has 0 saturated carbocycles. The van der Waals surface area contributed by atoms with Crippen molar-refractivity contribution in [3.05, 3.63) is 27.8 Å². The predicted octanol–water partition coefficient (Wildman–Crippen LogP) is 1.80. The van der Waals surface area contributed by atoms with E-state index in [-0.39, 0.29) is 0 Å². The zero-order chi connectivity index (χ0) is 5.98. The van der Waals surface area contributed by atoms with Crippen LogP contribution in [-0.2, 0) is 0 Å². The van der Waals surface area contributed by atoms with Crippen molar-refractivity contribution in [1.82, 2.24) is 0 Å². The molecular weight excluding hydrogens is 215 g/mol. The second kappa shape index (κ2) is 2.35. The molecule has 0 atom stereocenters. The number of rotatable bonds is 0. The summed E-state index contributed by atoms with van der Waals surface area (Å²) in [5, 5.41) is 8.89. The molecule has 1 aromatic rings. The van der Waals surface area contributed by atoms with Crippen molar-refractivity contribution in [2.75, 3.05) is 0 Å². The van der Waals surface area contributed by atoms with Gasteiger partial charge in [0.05, 0.1) is 3.57 Å². The number of hydrogen-bond donors (Lipinski definition) is 1. The second-order valence-electron chi connectivity index (χ2n) is 1.38. The summed E-state index contributed by atoms with van der Waals surface area (Å²) < 4.78 is 0.838. The van der Waals surface area contributed by atoms with E-state index in [2.05, 4.69) is 6.07 Å². The molecule has 2 heteroatoms. The Morgan fingerprint density at radius 2 is 2.38 bits per heavy atom. The summed E-state index contributed by atoms with van der Waals surface area (Å²) in [5.74, 6) is 0.323. The van der Waals surface area contributed by atoms with Gasteiger partial charge >= 0.3 is 0 Å². The molecule has 0 bridgehead atoms. The number of hydrogen-bond acceptors (Lipinski definition) is 1. The normalized spacial score (nSPS) is 9.12. The molecule has 0 amide bonds. The first-order chi connectivity index (χ1) is 3.80. The summed E-state index contributed by atoms with van der Waals surface area (Å²) in [6.45, 7) is 0. The quantitative estimate of drug-likeness (QED) is 0.659. The number of benzene rings is 1. The molecule has 8 heavy (non-hydrogen) atoms. The van der Waals surface area contributed by atoms with E-state index in [1.54, 1.807) is 18.2 Å². The van der Waals surface area contributed by atoms with Crippen molar-refractivity contribution in [3.63, 3.8) is 0 Å². The van der Waals surface area contributed by atoms with Gasteiger partial charge in [-0.25, -0.2) is 0 Å². The fourth-order valence-corrected chi connectivity index (χ4v) is 0.761. The van der Waals surface area contributed by atoms with Crippen molar-refractivity contribution in [3.8, 4) is 5.75 Å². The third-order valence-corrected chi connectivity index (χ3v) is 1.66. The first-order valence-electron chi connectivity index (χ1n) is 2.15.